The summed E-state index contributed by atoms with van der Waals surface area (Å²) < 4.78 is 16.9. The van der Waals surface area contributed by atoms with Crippen molar-refractivity contribution in [1.82, 2.24) is 19.3 Å². The van der Waals surface area contributed by atoms with E-state index >= 15 is 0 Å². The van der Waals surface area contributed by atoms with E-state index in [4.69, 9.17) is 0 Å². The molecule has 4 aromatic rings. The monoisotopic (exact) mass is 320 g/mol. The van der Waals surface area contributed by atoms with Crippen LogP contribution >= 0.6 is 0 Å². The largest absolute Gasteiger partial charge is 0.314 e. The number of aldehydes is 1. The van der Waals surface area contributed by atoms with Crippen molar-refractivity contribution < 1.29 is 9.18 Å². The zero-order chi connectivity index (χ0) is 16.7. The van der Waals surface area contributed by atoms with Gasteiger partial charge in [-0.05, 0) is 36.4 Å². The van der Waals surface area contributed by atoms with Gasteiger partial charge in [0.25, 0.3) is 0 Å². The molecule has 0 saturated heterocycles. The molecule has 0 aliphatic rings. The highest BCUT2D eigenvalue weighted by Crippen LogP contribution is 2.31. The molecule has 3 aromatic heterocycles. The molecule has 0 radical (unpaired) electrons. The van der Waals surface area contributed by atoms with E-state index < -0.39 is 0 Å². The average Bonchev–Trinajstić information content (AvgIpc) is 3.18. The number of nitrogens with zero attached hydrogens (tertiary/aromatic N) is 4. The smallest absolute Gasteiger partial charge is 0.151 e. The summed E-state index contributed by atoms with van der Waals surface area (Å²) in [6.45, 7) is 0. The van der Waals surface area contributed by atoms with Crippen LogP contribution in [0.15, 0.2) is 55.0 Å². The molecule has 0 saturated carbocycles. The maximum Gasteiger partial charge on any atom is 0.151 e. The lowest BCUT2D eigenvalue weighted by atomic mass is 10.2. The van der Waals surface area contributed by atoms with Gasteiger partial charge in [-0.15, -0.1) is 0 Å². The Bertz CT molecular complexity index is 1050. The van der Waals surface area contributed by atoms with Crippen molar-refractivity contribution in [2.24, 2.45) is 7.05 Å². The molecule has 3 heterocycles. The molecule has 0 aliphatic heterocycles. The Morgan fingerprint density at radius 2 is 1.96 bits per heavy atom. The number of carbonyl (C=O) groups is 1. The molecular weight excluding hydrogens is 307 g/mol. The second kappa shape index (κ2) is 5.42. The van der Waals surface area contributed by atoms with Gasteiger partial charge in [0.15, 0.2) is 6.29 Å². The van der Waals surface area contributed by atoms with E-state index in [9.17, 15) is 9.18 Å². The van der Waals surface area contributed by atoms with Crippen LogP contribution in [0.3, 0.4) is 0 Å². The van der Waals surface area contributed by atoms with E-state index in [1.54, 1.807) is 35.3 Å². The number of pyridine rings is 1. The van der Waals surface area contributed by atoms with Crippen molar-refractivity contribution in [3.63, 3.8) is 0 Å². The summed E-state index contributed by atoms with van der Waals surface area (Å²) in [5.41, 5.74) is 4.62. The molecule has 0 amide bonds. The predicted molar refractivity (Wildman–Crippen MR) is 88.6 cm³/mol. The molecule has 4 rings (SSSR count). The highest BCUT2D eigenvalue weighted by Gasteiger charge is 2.15. The zero-order valence-corrected chi connectivity index (χ0v) is 12.8. The van der Waals surface area contributed by atoms with Crippen LogP contribution in [-0.4, -0.2) is 25.6 Å². The second-order valence-electron chi connectivity index (χ2n) is 5.48. The molecule has 1 aromatic carbocycles. The summed E-state index contributed by atoms with van der Waals surface area (Å²) in [5.74, 6) is -0.297. The summed E-state index contributed by atoms with van der Waals surface area (Å²) >= 11 is 0. The number of rotatable bonds is 3. The first-order chi connectivity index (χ1) is 11.7. The number of halogens is 1. The van der Waals surface area contributed by atoms with Gasteiger partial charge in [0.05, 0.1) is 16.7 Å². The van der Waals surface area contributed by atoms with Crippen LogP contribution in [0.2, 0.25) is 0 Å². The van der Waals surface area contributed by atoms with E-state index in [-0.39, 0.29) is 5.82 Å². The summed E-state index contributed by atoms with van der Waals surface area (Å²) in [6, 6.07) is 9.87. The van der Waals surface area contributed by atoms with Crippen molar-refractivity contribution in [3.8, 4) is 16.9 Å². The first-order valence-corrected chi connectivity index (χ1v) is 7.38. The molecule has 0 bridgehead atoms. The quantitative estimate of drug-likeness (QED) is 0.544. The van der Waals surface area contributed by atoms with Gasteiger partial charge in [0.2, 0.25) is 0 Å². The Hall–Kier alpha value is -3.28. The fourth-order valence-corrected chi connectivity index (χ4v) is 2.82. The number of fused-ring (bicyclic) bond motifs is 1. The fourth-order valence-electron chi connectivity index (χ4n) is 2.82. The van der Waals surface area contributed by atoms with Gasteiger partial charge in [-0.25, -0.2) is 4.39 Å². The molecule has 118 valence electrons. The molecule has 0 aliphatic carbocycles. The maximum atomic E-state index is 13.2. The molecule has 0 spiro atoms. The van der Waals surface area contributed by atoms with Crippen molar-refractivity contribution in [2.75, 3.05) is 0 Å². The Balaban J connectivity index is 2.03. The van der Waals surface area contributed by atoms with E-state index in [1.165, 1.54) is 12.1 Å². The third-order valence-electron chi connectivity index (χ3n) is 4.00. The second-order valence-corrected chi connectivity index (χ2v) is 5.48. The third-order valence-corrected chi connectivity index (χ3v) is 4.00. The summed E-state index contributed by atoms with van der Waals surface area (Å²) in [4.78, 5) is 15.6. The normalized spacial score (nSPS) is 11.1. The minimum Gasteiger partial charge on any atom is -0.314 e. The fraction of sp³-hybridized carbons (Fsp3) is 0.0556. The van der Waals surface area contributed by atoms with Crippen molar-refractivity contribution >= 4 is 17.3 Å². The van der Waals surface area contributed by atoms with Crippen molar-refractivity contribution in [2.45, 2.75) is 0 Å². The minimum absolute atomic E-state index is 0.297. The Kier molecular flexibility index (Phi) is 3.23. The van der Waals surface area contributed by atoms with E-state index in [0.717, 1.165) is 34.3 Å². The number of hydrogen-bond acceptors (Lipinski definition) is 3. The molecule has 0 unspecified atom stereocenters. The summed E-state index contributed by atoms with van der Waals surface area (Å²) in [6.07, 6.45) is 5.95. The van der Waals surface area contributed by atoms with Gasteiger partial charge in [0, 0.05) is 42.5 Å². The van der Waals surface area contributed by atoms with Gasteiger partial charge in [-0.1, -0.05) is 0 Å². The predicted octanol–water partition coefficient (Wildman–Crippen LogP) is 3.38. The van der Waals surface area contributed by atoms with Crippen LogP contribution < -0.4 is 0 Å². The summed E-state index contributed by atoms with van der Waals surface area (Å²) in [7, 11) is 1.86. The van der Waals surface area contributed by atoms with Crippen molar-refractivity contribution in [1.29, 1.82) is 0 Å². The first-order valence-electron chi connectivity index (χ1n) is 7.38. The van der Waals surface area contributed by atoms with Crippen LogP contribution in [0.25, 0.3) is 28.0 Å². The van der Waals surface area contributed by atoms with Crippen LogP contribution in [0, 0.1) is 5.82 Å². The van der Waals surface area contributed by atoms with Gasteiger partial charge in [-0.3, -0.25) is 14.5 Å². The van der Waals surface area contributed by atoms with E-state index in [1.807, 2.05) is 23.9 Å². The highest BCUT2D eigenvalue weighted by atomic mass is 19.1. The third kappa shape index (κ3) is 2.20. The molecule has 0 N–H and O–H groups in total. The average molecular weight is 320 g/mol. The van der Waals surface area contributed by atoms with Crippen LogP contribution in [-0.2, 0) is 7.05 Å². The number of carbonyl (C=O) groups excluding carboxylic acids is 1. The molecule has 0 fully saturated rings. The molecule has 6 heteroatoms. The van der Waals surface area contributed by atoms with E-state index in [0.29, 0.717) is 5.56 Å². The SMILES string of the molecule is Cn1nccc1-c1cn(-c2ccc(F)cc2)c2cc(C=O)cnc12. The highest BCUT2D eigenvalue weighted by molar-refractivity contribution is 5.95. The molecule has 5 nitrogen and oxygen atoms in total. The lowest BCUT2D eigenvalue weighted by molar-refractivity contribution is 0.112. The van der Waals surface area contributed by atoms with Crippen LogP contribution in [0.1, 0.15) is 10.4 Å². The van der Waals surface area contributed by atoms with E-state index in [2.05, 4.69) is 10.1 Å². The Labute approximate surface area is 137 Å². The zero-order valence-electron chi connectivity index (χ0n) is 12.8. The lowest BCUT2D eigenvalue weighted by Gasteiger charge is -2.05. The van der Waals surface area contributed by atoms with Crippen LogP contribution in [0.4, 0.5) is 4.39 Å². The maximum absolute atomic E-state index is 13.2. The summed E-state index contributed by atoms with van der Waals surface area (Å²) in [5, 5.41) is 4.20. The standard InChI is InChI=1S/C18H13FN4O/c1-22-16(6-7-21-22)15-10-23(14-4-2-13(19)3-5-14)17-8-12(11-24)9-20-18(15)17/h2-11H,1H3. The number of benzene rings is 1. The number of aromatic nitrogens is 4. The lowest BCUT2D eigenvalue weighted by Crippen LogP contribution is -1.93. The van der Waals surface area contributed by atoms with Gasteiger partial charge >= 0.3 is 0 Å². The van der Waals surface area contributed by atoms with Crippen LogP contribution in [0.5, 0.6) is 0 Å². The Morgan fingerprint density at radius 1 is 1.17 bits per heavy atom. The molecule has 24 heavy (non-hydrogen) atoms. The Morgan fingerprint density at radius 3 is 2.62 bits per heavy atom. The topological polar surface area (TPSA) is 52.7 Å². The number of aryl methyl sites for hydroxylation is 1. The minimum atomic E-state index is -0.297. The first kappa shape index (κ1) is 14.3. The molecule has 0 atom stereocenters. The van der Waals surface area contributed by atoms with Gasteiger partial charge in [0.1, 0.15) is 5.82 Å². The molecular formula is C18H13FN4O. The number of hydrogen-bond donors (Lipinski definition) is 0. The van der Waals surface area contributed by atoms with Gasteiger partial charge < -0.3 is 4.57 Å². The van der Waals surface area contributed by atoms with Gasteiger partial charge in [-0.2, -0.15) is 5.10 Å². The van der Waals surface area contributed by atoms with Crippen molar-refractivity contribution in [3.05, 3.63) is 66.4 Å².